The lowest BCUT2D eigenvalue weighted by atomic mass is 10.2. The molecule has 0 aromatic heterocycles. The summed E-state index contributed by atoms with van der Waals surface area (Å²) in [5.74, 6) is -1.43. The van der Waals surface area contributed by atoms with Crippen molar-refractivity contribution in [2.75, 3.05) is 25.1 Å². The normalized spacial score (nSPS) is 14.0. The molecule has 0 saturated carbocycles. The number of rotatable bonds is 6. The molecule has 7 nitrogen and oxygen atoms in total. The molecule has 2 rings (SSSR count). The average molecular weight is 383 g/mol. The van der Waals surface area contributed by atoms with Crippen LogP contribution in [-0.2, 0) is 14.3 Å². The zero-order valence-corrected chi connectivity index (χ0v) is 13.9. The van der Waals surface area contributed by atoms with Gasteiger partial charge in [0.15, 0.2) is 0 Å². The molecule has 2 amide bonds. The molecule has 0 aliphatic carbocycles. The second-order valence-corrected chi connectivity index (χ2v) is 5.47. The number of aliphatic hydroxyl groups is 1. The molecule has 0 fully saturated rings. The van der Waals surface area contributed by atoms with Gasteiger partial charge in [-0.25, -0.2) is 4.79 Å². The quantitative estimate of drug-likeness (QED) is 0.568. The number of hydrogen-bond acceptors (Lipinski definition) is 6. The molecule has 0 spiro atoms. The minimum atomic E-state index is -0.509. The van der Waals surface area contributed by atoms with Crippen molar-refractivity contribution in [3.8, 4) is 0 Å². The summed E-state index contributed by atoms with van der Waals surface area (Å²) in [6.07, 6.45) is 1.17. The van der Waals surface area contributed by atoms with Gasteiger partial charge in [0.1, 0.15) is 5.70 Å². The van der Waals surface area contributed by atoms with E-state index in [9.17, 15) is 14.4 Å². The summed E-state index contributed by atoms with van der Waals surface area (Å²) in [7, 11) is 0. The van der Waals surface area contributed by atoms with Gasteiger partial charge in [0, 0.05) is 10.5 Å². The first-order chi connectivity index (χ1) is 11.0. The first-order valence-corrected chi connectivity index (χ1v) is 7.69. The Balaban J connectivity index is 2.15. The summed E-state index contributed by atoms with van der Waals surface area (Å²) in [6, 6.07) is 4.72. The van der Waals surface area contributed by atoms with E-state index in [1.807, 2.05) is 0 Å². The standard InChI is InChI=1S/C15H15BrN2O5/c1-2-23-15(22)9-3-4-11(10(16)7-9)17-12-8-13(20)18(5-6-19)14(12)21/h3-4,7-8,17,19H,2,5-6H2,1H3. The highest BCUT2D eigenvalue weighted by atomic mass is 79.9. The number of carbonyl (C=O) groups is 3. The first-order valence-electron chi connectivity index (χ1n) is 6.90. The monoisotopic (exact) mass is 382 g/mol. The van der Waals surface area contributed by atoms with Crippen molar-refractivity contribution in [2.24, 2.45) is 0 Å². The third-order valence-electron chi connectivity index (χ3n) is 3.08. The third kappa shape index (κ3) is 3.77. The Bertz CT molecular complexity index is 686. The zero-order chi connectivity index (χ0) is 17.0. The van der Waals surface area contributed by atoms with Gasteiger partial charge >= 0.3 is 5.97 Å². The number of halogens is 1. The maximum absolute atomic E-state index is 12.1. The molecule has 0 atom stereocenters. The van der Waals surface area contributed by atoms with E-state index in [0.717, 1.165) is 4.90 Å². The maximum atomic E-state index is 12.1. The Morgan fingerprint density at radius 1 is 1.39 bits per heavy atom. The minimum absolute atomic E-state index is 0.0533. The zero-order valence-electron chi connectivity index (χ0n) is 12.3. The number of amides is 2. The number of imide groups is 1. The van der Waals surface area contributed by atoms with Crippen molar-refractivity contribution in [1.82, 2.24) is 4.90 Å². The fourth-order valence-corrected chi connectivity index (χ4v) is 2.49. The number of esters is 1. The second kappa shape index (κ2) is 7.38. The van der Waals surface area contributed by atoms with Crippen LogP contribution in [-0.4, -0.2) is 47.5 Å². The highest BCUT2D eigenvalue weighted by molar-refractivity contribution is 9.10. The molecule has 23 heavy (non-hydrogen) atoms. The summed E-state index contributed by atoms with van der Waals surface area (Å²) < 4.78 is 5.45. The van der Waals surface area contributed by atoms with Crippen LogP contribution in [0.25, 0.3) is 0 Å². The summed E-state index contributed by atoms with van der Waals surface area (Å²) in [4.78, 5) is 36.3. The molecule has 0 bridgehead atoms. The number of benzene rings is 1. The number of hydrogen-bond donors (Lipinski definition) is 2. The van der Waals surface area contributed by atoms with E-state index in [2.05, 4.69) is 21.2 Å². The smallest absolute Gasteiger partial charge is 0.338 e. The predicted molar refractivity (Wildman–Crippen MR) is 85.6 cm³/mol. The van der Waals surface area contributed by atoms with Gasteiger partial charge in [-0.3, -0.25) is 14.5 Å². The van der Waals surface area contributed by atoms with E-state index in [1.54, 1.807) is 25.1 Å². The van der Waals surface area contributed by atoms with Crippen molar-refractivity contribution >= 4 is 39.4 Å². The van der Waals surface area contributed by atoms with Gasteiger partial charge < -0.3 is 15.2 Å². The summed E-state index contributed by atoms with van der Waals surface area (Å²) >= 11 is 3.31. The number of anilines is 1. The van der Waals surface area contributed by atoms with Gasteiger partial charge in [0.05, 0.1) is 31.0 Å². The number of carbonyl (C=O) groups excluding carboxylic acids is 3. The molecular weight excluding hydrogens is 368 g/mol. The largest absolute Gasteiger partial charge is 0.462 e. The van der Waals surface area contributed by atoms with Crippen LogP contribution in [0.5, 0.6) is 0 Å². The molecule has 1 heterocycles. The molecule has 0 radical (unpaired) electrons. The van der Waals surface area contributed by atoms with E-state index < -0.39 is 17.8 Å². The Morgan fingerprint density at radius 2 is 2.13 bits per heavy atom. The number of nitrogens with zero attached hydrogens (tertiary/aromatic N) is 1. The van der Waals surface area contributed by atoms with Gasteiger partial charge in [0.2, 0.25) is 0 Å². The molecule has 2 N–H and O–H groups in total. The van der Waals surface area contributed by atoms with Gasteiger partial charge in [-0.1, -0.05) is 0 Å². The molecule has 1 aromatic rings. The van der Waals surface area contributed by atoms with E-state index in [4.69, 9.17) is 9.84 Å². The summed E-state index contributed by atoms with van der Waals surface area (Å²) in [6.45, 7) is 1.65. The highest BCUT2D eigenvalue weighted by Crippen LogP contribution is 2.26. The van der Waals surface area contributed by atoms with Crippen LogP contribution < -0.4 is 5.32 Å². The predicted octanol–water partition coefficient (Wildman–Crippen LogP) is 1.28. The van der Waals surface area contributed by atoms with Crippen LogP contribution in [0.1, 0.15) is 17.3 Å². The fraction of sp³-hybridized carbons (Fsp3) is 0.267. The Morgan fingerprint density at radius 3 is 2.74 bits per heavy atom. The molecule has 0 unspecified atom stereocenters. The lowest BCUT2D eigenvalue weighted by Crippen LogP contribution is -2.34. The molecular formula is C15H15BrN2O5. The molecule has 122 valence electrons. The van der Waals surface area contributed by atoms with Crippen molar-refractivity contribution in [2.45, 2.75) is 6.92 Å². The second-order valence-electron chi connectivity index (χ2n) is 4.62. The molecule has 8 heteroatoms. The van der Waals surface area contributed by atoms with Gasteiger partial charge in [-0.05, 0) is 41.1 Å². The fourth-order valence-electron chi connectivity index (χ4n) is 2.01. The number of ether oxygens (including phenoxy) is 1. The Labute approximate surface area is 141 Å². The van der Waals surface area contributed by atoms with Crippen LogP contribution in [0.3, 0.4) is 0 Å². The SMILES string of the molecule is CCOC(=O)c1ccc(NC2=CC(=O)N(CCO)C2=O)c(Br)c1. The average Bonchev–Trinajstić information content (AvgIpc) is 2.77. The Kier molecular flexibility index (Phi) is 5.51. The topological polar surface area (TPSA) is 95.9 Å². The molecule has 0 saturated heterocycles. The molecule has 1 aliphatic heterocycles. The first kappa shape index (κ1) is 17.2. The van der Waals surface area contributed by atoms with Crippen molar-refractivity contribution < 1.29 is 24.2 Å². The Hall–Kier alpha value is -2.19. The number of aliphatic hydroxyl groups excluding tert-OH is 1. The van der Waals surface area contributed by atoms with Crippen LogP contribution in [0.2, 0.25) is 0 Å². The lowest BCUT2D eigenvalue weighted by molar-refractivity contribution is -0.137. The van der Waals surface area contributed by atoms with Crippen LogP contribution in [0, 0.1) is 0 Å². The van der Waals surface area contributed by atoms with Gasteiger partial charge in [-0.15, -0.1) is 0 Å². The summed E-state index contributed by atoms with van der Waals surface area (Å²) in [5.41, 5.74) is 0.998. The van der Waals surface area contributed by atoms with E-state index >= 15 is 0 Å². The van der Waals surface area contributed by atoms with E-state index in [1.165, 1.54) is 6.08 Å². The van der Waals surface area contributed by atoms with Crippen molar-refractivity contribution in [1.29, 1.82) is 0 Å². The third-order valence-corrected chi connectivity index (χ3v) is 3.74. The van der Waals surface area contributed by atoms with Crippen molar-refractivity contribution in [3.05, 3.63) is 40.0 Å². The van der Waals surface area contributed by atoms with Crippen LogP contribution in [0.15, 0.2) is 34.4 Å². The van der Waals surface area contributed by atoms with Gasteiger partial charge in [-0.2, -0.15) is 0 Å². The van der Waals surface area contributed by atoms with Crippen molar-refractivity contribution in [3.63, 3.8) is 0 Å². The number of β-amino-alcohol motifs (C(OH)–C–C–N with tert-alkyl or cyclic N) is 1. The van der Waals surface area contributed by atoms with Crippen LogP contribution >= 0.6 is 15.9 Å². The lowest BCUT2D eigenvalue weighted by Gasteiger charge is -2.14. The minimum Gasteiger partial charge on any atom is -0.462 e. The summed E-state index contributed by atoms with van der Waals surface area (Å²) in [5, 5.41) is 11.7. The maximum Gasteiger partial charge on any atom is 0.338 e. The van der Waals surface area contributed by atoms with Crippen LogP contribution in [0.4, 0.5) is 5.69 Å². The van der Waals surface area contributed by atoms with E-state index in [-0.39, 0.29) is 25.5 Å². The highest BCUT2D eigenvalue weighted by Gasteiger charge is 2.30. The molecule has 1 aliphatic rings. The number of nitrogens with one attached hydrogen (secondary N) is 1. The van der Waals surface area contributed by atoms with E-state index in [0.29, 0.717) is 15.7 Å². The molecule has 1 aromatic carbocycles. The van der Waals surface area contributed by atoms with Gasteiger partial charge in [0.25, 0.3) is 11.8 Å².